The molecule has 1 aromatic heterocycles. The van der Waals surface area contributed by atoms with Gasteiger partial charge in [-0.25, -0.2) is 9.59 Å². The summed E-state index contributed by atoms with van der Waals surface area (Å²) in [6.45, 7) is 1.82. The largest absolute Gasteiger partial charge is 0.479 e. The summed E-state index contributed by atoms with van der Waals surface area (Å²) in [5.41, 5.74) is 4.86. The minimum absolute atomic E-state index is 0.0624. The molecule has 2 unspecified atom stereocenters. The first-order chi connectivity index (χ1) is 16.3. The van der Waals surface area contributed by atoms with E-state index in [-0.39, 0.29) is 18.9 Å². The number of nitrogens with one attached hydrogen (secondary N) is 2. The van der Waals surface area contributed by atoms with Crippen LogP contribution in [0.1, 0.15) is 42.0 Å². The van der Waals surface area contributed by atoms with Crippen LogP contribution in [0.2, 0.25) is 0 Å². The number of hydrogen-bond donors (Lipinski definition) is 3. The van der Waals surface area contributed by atoms with Crippen LogP contribution in [-0.4, -0.2) is 45.5 Å². The molecule has 9 heteroatoms. The Morgan fingerprint density at radius 1 is 1.06 bits per heavy atom. The minimum atomic E-state index is -1.22. The van der Waals surface area contributed by atoms with Crippen molar-refractivity contribution in [1.29, 1.82) is 0 Å². The van der Waals surface area contributed by atoms with Crippen molar-refractivity contribution in [2.75, 3.05) is 6.61 Å². The summed E-state index contributed by atoms with van der Waals surface area (Å²) < 4.78 is 6.95. The van der Waals surface area contributed by atoms with E-state index in [0.29, 0.717) is 5.56 Å². The molecule has 2 aromatic carbocycles. The Labute approximate surface area is 196 Å². The van der Waals surface area contributed by atoms with Crippen molar-refractivity contribution < 1.29 is 24.2 Å². The van der Waals surface area contributed by atoms with Crippen molar-refractivity contribution in [3.63, 3.8) is 0 Å². The van der Waals surface area contributed by atoms with Gasteiger partial charge in [0.2, 0.25) is 5.91 Å². The minimum Gasteiger partial charge on any atom is -0.479 e. The van der Waals surface area contributed by atoms with Gasteiger partial charge in [-0.1, -0.05) is 48.5 Å². The molecule has 3 N–H and O–H groups in total. The maximum absolute atomic E-state index is 12.4. The van der Waals surface area contributed by atoms with E-state index in [9.17, 15) is 19.5 Å². The maximum atomic E-state index is 12.4. The van der Waals surface area contributed by atoms with Gasteiger partial charge in [-0.2, -0.15) is 5.10 Å². The highest BCUT2D eigenvalue weighted by molar-refractivity contribution is 5.85. The number of amides is 2. The zero-order chi connectivity index (χ0) is 24.2. The van der Waals surface area contributed by atoms with Crippen LogP contribution in [0.5, 0.6) is 0 Å². The van der Waals surface area contributed by atoms with Crippen LogP contribution in [0.25, 0.3) is 11.1 Å². The Hall–Kier alpha value is -4.14. The van der Waals surface area contributed by atoms with E-state index in [1.165, 1.54) is 17.1 Å². The number of aliphatic carboxylic acids is 1. The molecule has 34 heavy (non-hydrogen) atoms. The van der Waals surface area contributed by atoms with Gasteiger partial charge in [-0.15, -0.1) is 0 Å². The van der Waals surface area contributed by atoms with E-state index in [1.807, 2.05) is 36.4 Å². The van der Waals surface area contributed by atoms with E-state index in [1.54, 1.807) is 14.0 Å². The number of fused-ring (bicyclic) bond motifs is 3. The van der Waals surface area contributed by atoms with Crippen LogP contribution in [0, 0.1) is 0 Å². The molecule has 0 saturated heterocycles. The first kappa shape index (κ1) is 23.0. The molecule has 9 nitrogen and oxygen atoms in total. The van der Waals surface area contributed by atoms with Crippen LogP contribution in [0.3, 0.4) is 0 Å². The molecule has 1 aliphatic carbocycles. The summed E-state index contributed by atoms with van der Waals surface area (Å²) in [6.07, 6.45) is 2.17. The quantitative estimate of drug-likeness (QED) is 0.473. The molecule has 0 aliphatic heterocycles. The van der Waals surface area contributed by atoms with Crippen molar-refractivity contribution in [2.45, 2.75) is 31.3 Å². The SMILES string of the molecule is CC(CC(=O)NC(C(=O)O)c1cnn(C)c1)NC(=O)OCC1c2ccccc2-c2ccccc21. The third kappa shape index (κ3) is 4.93. The molecule has 0 bridgehead atoms. The summed E-state index contributed by atoms with van der Waals surface area (Å²) in [5, 5.41) is 18.5. The summed E-state index contributed by atoms with van der Waals surface area (Å²) >= 11 is 0. The average Bonchev–Trinajstić information content (AvgIpc) is 3.37. The molecule has 0 saturated carbocycles. The Bertz CT molecular complexity index is 1180. The van der Waals surface area contributed by atoms with Gasteiger partial charge in [0.25, 0.3) is 0 Å². The normalized spacial score (nSPS) is 13.9. The lowest BCUT2D eigenvalue weighted by atomic mass is 9.98. The van der Waals surface area contributed by atoms with Gasteiger partial charge < -0.3 is 20.5 Å². The number of aryl methyl sites for hydroxylation is 1. The highest BCUT2D eigenvalue weighted by Crippen LogP contribution is 2.44. The van der Waals surface area contributed by atoms with Crippen LogP contribution in [0.4, 0.5) is 4.79 Å². The standard InChI is InChI=1S/C25H26N4O5/c1-15(11-22(30)28-23(24(31)32)16-12-26-29(2)13-16)27-25(33)34-14-21-19-9-5-3-7-17(19)18-8-4-6-10-20(18)21/h3-10,12-13,15,21,23H,11,14H2,1-2H3,(H,27,33)(H,28,30)(H,31,32). The summed E-state index contributed by atoms with van der Waals surface area (Å²) in [7, 11) is 1.66. The zero-order valence-corrected chi connectivity index (χ0v) is 18.9. The number of aromatic nitrogens is 2. The summed E-state index contributed by atoms with van der Waals surface area (Å²) in [5.74, 6) is -1.77. The van der Waals surface area contributed by atoms with Gasteiger partial charge in [-0.3, -0.25) is 9.48 Å². The van der Waals surface area contributed by atoms with Gasteiger partial charge in [0, 0.05) is 37.2 Å². The van der Waals surface area contributed by atoms with Crippen molar-refractivity contribution in [2.24, 2.45) is 7.05 Å². The Morgan fingerprint density at radius 2 is 1.68 bits per heavy atom. The second kappa shape index (κ2) is 9.78. The molecule has 3 aromatic rings. The molecule has 2 amide bonds. The number of carbonyl (C=O) groups is 3. The summed E-state index contributed by atoms with van der Waals surface area (Å²) in [6, 6.07) is 14.3. The fourth-order valence-corrected chi connectivity index (χ4v) is 4.27. The van der Waals surface area contributed by atoms with E-state index in [0.717, 1.165) is 22.3 Å². The fraction of sp³-hybridized carbons (Fsp3) is 0.280. The van der Waals surface area contributed by atoms with Gasteiger partial charge >= 0.3 is 12.1 Å². The van der Waals surface area contributed by atoms with E-state index >= 15 is 0 Å². The highest BCUT2D eigenvalue weighted by Gasteiger charge is 2.29. The van der Waals surface area contributed by atoms with Gasteiger partial charge in [0.1, 0.15) is 6.61 Å². The van der Waals surface area contributed by atoms with Crippen LogP contribution >= 0.6 is 0 Å². The van der Waals surface area contributed by atoms with Crippen LogP contribution in [0.15, 0.2) is 60.9 Å². The molecule has 1 heterocycles. The first-order valence-corrected chi connectivity index (χ1v) is 11.0. The fourth-order valence-electron chi connectivity index (χ4n) is 4.27. The van der Waals surface area contributed by atoms with E-state index in [2.05, 4.69) is 27.9 Å². The number of carboxylic acid groups (broad SMARTS) is 1. The smallest absolute Gasteiger partial charge is 0.407 e. The number of hydrogen-bond acceptors (Lipinski definition) is 5. The van der Waals surface area contributed by atoms with Crippen molar-refractivity contribution in [3.05, 3.63) is 77.6 Å². The Kier molecular flexibility index (Phi) is 6.62. The number of carboxylic acids is 1. The number of nitrogens with zero attached hydrogens (tertiary/aromatic N) is 2. The molecule has 176 valence electrons. The topological polar surface area (TPSA) is 123 Å². The van der Waals surface area contributed by atoms with E-state index in [4.69, 9.17) is 4.74 Å². The molecule has 0 radical (unpaired) electrons. The maximum Gasteiger partial charge on any atom is 0.407 e. The third-order valence-corrected chi connectivity index (χ3v) is 5.81. The van der Waals surface area contributed by atoms with Crippen molar-refractivity contribution in [3.8, 4) is 11.1 Å². The van der Waals surface area contributed by atoms with Gasteiger partial charge in [0.15, 0.2) is 6.04 Å². The number of ether oxygens (including phenoxy) is 1. The van der Waals surface area contributed by atoms with Crippen molar-refractivity contribution >= 4 is 18.0 Å². The van der Waals surface area contributed by atoms with Gasteiger partial charge in [-0.05, 0) is 29.2 Å². The second-order valence-electron chi connectivity index (χ2n) is 8.36. The predicted octanol–water partition coefficient (Wildman–Crippen LogP) is 2.98. The molecular formula is C25H26N4O5. The number of carbonyl (C=O) groups excluding carboxylic acids is 2. The second-order valence-corrected chi connectivity index (χ2v) is 8.36. The zero-order valence-electron chi connectivity index (χ0n) is 18.9. The average molecular weight is 463 g/mol. The third-order valence-electron chi connectivity index (χ3n) is 5.81. The Balaban J connectivity index is 1.30. The highest BCUT2D eigenvalue weighted by atomic mass is 16.5. The number of alkyl carbamates (subject to hydrolysis) is 1. The number of rotatable bonds is 8. The lowest BCUT2D eigenvalue weighted by molar-refractivity contribution is -0.142. The monoisotopic (exact) mass is 462 g/mol. The van der Waals surface area contributed by atoms with E-state index < -0.39 is 30.1 Å². The number of benzene rings is 2. The van der Waals surface area contributed by atoms with Crippen LogP contribution < -0.4 is 10.6 Å². The first-order valence-electron chi connectivity index (χ1n) is 11.0. The molecule has 0 spiro atoms. The van der Waals surface area contributed by atoms with Crippen molar-refractivity contribution in [1.82, 2.24) is 20.4 Å². The molecule has 0 fully saturated rings. The molecule has 2 atom stereocenters. The molecular weight excluding hydrogens is 436 g/mol. The lowest BCUT2D eigenvalue weighted by Crippen LogP contribution is -2.40. The van der Waals surface area contributed by atoms with Crippen LogP contribution in [-0.2, 0) is 21.4 Å². The summed E-state index contributed by atoms with van der Waals surface area (Å²) in [4.78, 5) is 36.3. The molecule has 1 aliphatic rings. The Morgan fingerprint density at radius 3 is 2.24 bits per heavy atom. The molecule has 4 rings (SSSR count). The predicted molar refractivity (Wildman–Crippen MR) is 124 cm³/mol. The lowest BCUT2D eigenvalue weighted by Gasteiger charge is -2.18. The van der Waals surface area contributed by atoms with Gasteiger partial charge in [0.05, 0.1) is 6.20 Å².